The minimum Gasteiger partial charge on any atom is -0.508 e. The fourth-order valence-corrected chi connectivity index (χ4v) is 2.41. The van der Waals surface area contributed by atoms with Crippen molar-refractivity contribution in [3.8, 4) is 5.75 Å². The lowest BCUT2D eigenvalue weighted by Crippen LogP contribution is -2.33. The fourth-order valence-electron chi connectivity index (χ4n) is 2.41. The first-order valence-corrected chi connectivity index (χ1v) is 7.39. The summed E-state index contributed by atoms with van der Waals surface area (Å²) in [5.41, 5.74) is 2.32. The summed E-state index contributed by atoms with van der Waals surface area (Å²) in [4.78, 5) is 0. The van der Waals surface area contributed by atoms with Crippen molar-refractivity contribution in [2.75, 3.05) is 6.61 Å². The Bertz CT molecular complexity index is 525. The topological polar surface area (TPSA) is 52.5 Å². The first kappa shape index (κ1) is 15.5. The maximum atomic E-state index is 9.55. The molecule has 0 saturated carbocycles. The number of aromatic hydroxyl groups is 1. The molecule has 2 aromatic rings. The van der Waals surface area contributed by atoms with Crippen molar-refractivity contribution >= 4 is 0 Å². The van der Waals surface area contributed by atoms with Crippen molar-refractivity contribution in [2.24, 2.45) is 0 Å². The van der Waals surface area contributed by atoms with Gasteiger partial charge in [0.1, 0.15) is 5.75 Å². The van der Waals surface area contributed by atoms with E-state index in [-0.39, 0.29) is 12.6 Å². The van der Waals surface area contributed by atoms with Crippen LogP contribution >= 0.6 is 0 Å². The highest BCUT2D eigenvalue weighted by atomic mass is 16.3. The lowest BCUT2D eigenvalue weighted by molar-refractivity contribution is 0.233. The molecule has 0 aliphatic heterocycles. The summed E-state index contributed by atoms with van der Waals surface area (Å²) in [6.45, 7) is 2.22. The number of phenolic OH excluding ortho intramolecular Hbond substituents is 1. The Labute approximate surface area is 126 Å². The number of rotatable bonds is 7. The van der Waals surface area contributed by atoms with Crippen LogP contribution in [0.4, 0.5) is 0 Å². The summed E-state index contributed by atoms with van der Waals surface area (Å²) in [7, 11) is 0. The molecule has 0 aliphatic carbocycles. The third-order valence-corrected chi connectivity index (χ3v) is 3.67. The van der Waals surface area contributed by atoms with E-state index in [9.17, 15) is 10.2 Å². The van der Waals surface area contributed by atoms with Gasteiger partial charge in [-0.3, -0.25) is 0 Å². The number of aliphatic hydroxyl groups is 1. The zero-order chi connectivity index (χ0) is 15.1. The predicted molar refractivity (Wildman–Crippen MR) is 85.3 cm³/mol. The number of hydrogen-bond donors (Lipinski definition) is 3. The first-order valence-electron chi connectivity index (χ1n) is 7.39. The number of aryl methyl sites for hydroxylation is 1. The van der Waals surface area contributed by atoms with Gasteiger partial charge in [-0.1, -0.05) is 42.5 Å². The molecule has 0 radical (unpaired) electrons. The highest BCUT2D eigenvalue weighted by molar-refractivity contribution is 5.26. The number of phenols is 1. The molecule has 0 amide bonds. The summed E-state index contributed by atoms with van der Waals surface area (Å²) in [6.07, 6.45) is 1.93. The van der Waals surface area contributed by atoms with E-state index in [1.54, 1.807) is 12.1 Å². The van der Waals surface area contributed by atoms with E-state index >= 15 is 0 Å². The van der Waals surface area contributed by atoms with Crippen molar-refractivity contribution in [2.45, 2.75) is 31.8 Å². The van der Waals surface area contributed by atoms with E-state index in [4.69, 9.17) is 0 Å². The SMILES string of the molecule is CC(CCc1ccc(O)cc1)N[C@@H](CO)c1ccccc1. The van der Waals surface area contributed by atoms with Crippen LogP contribution in [0.5, 0.6) is 5.75 Å². The summed E-state index contributed by atoms with van der Waals surface area (Å²) in [6, 6.07) is 17.6. The molecule has 2 atom stereocenters. The Morgan fingerprint density at radius 1 is 1.00 bits per heavy atom. The molecule has 0 fully saturated rings. The van der Waals surface area contributed by atoms with Gasteiger partial charge in [0.15, 0.2) is 0 Å². The van der Waals surface area contributed by atoms with E-state index < -0.39 is 0 Å². The fraction of sp³-hybridized carbons (Fsp3) is 0.333. The molecule has 2 aromatic carbocycles. The van der Waals surface area contributed by atoms with Gasteiger partial charge in [-0.25, -0.2) is 0 Å². The number of benzene rings is 2. The van der Waals surface area contributed by atoms with Crippen LogP contribution in [-0.2, 0) is 6.42 Å². The molecule has 0 bridgehead atoms. The minimum atomic E-state index is -0.0268. The van der Waals surface area contributed by atoms with Crippen LogP contribution in [0.15, 0.2) is 54.6 Å². The number of hydrogen-bond acceptors (Lipinski definition) is 3. The lowest BCUT2D eigenvalue weighted by atomic mass is 10.0. The Morgan fingerprint density at radius 2 is 1.67 bits per heavy atom. The smallest absolute Gasteiger partial charge is 0.115 e. The number of aliphatic hydroxyl groups excluding tert-OH is 1. The second kappa shape index (κ2) is 7.81. The second-order valence-electron chi connectivity index (χ2n) is 5.42. The molecule has 3 heteroatoms. The zero-order valence-corrected chi connectivity index (χ0v) is 12.4. The van der Waals surface area contributed by atoms with Gasteiger partial charge in [-0.15, -0.1) is 0 Å². The minimum absolute atomic E-state index is 0.0268. The molecular formula is C18H23NO2. The van der Waals surface area contributed by atoms with Crippen LogP contribution in [0.25, 0.3) is 0 Å². The summed E-state index contributed by atoms with van der Waals surface area (Å²) < 4.78 is 0. The molecule has 0 spiro atoms. The Balaban J connectivity index is 1.85. The Hall–Kier alpha value is -1.84. The maximum Gasteiger partial charge on any atom is 0.115 e. The van der Waals surface area contributed by atoms with Gasteiger partial charge in [0.25, 0.3) is 0 Å². The van der Waals surface area contributed by atoms with Crippen molar-refractivity contribution < 1.29 is 10.2 Å². The molecule has 1 unspecified atom stereocenters. The molecular weight excluding hydrogens is 262 g/mol. The van der Waals surface area contributed by atoms with Crippen LogP contribution in [0, 0.1) is 0 Å². The first-order chi connectivity index (χ1) is 10.2. The molecule has 0 saturated heterocycles. The van der Waals surface area contributed by atoms with Crippen LogP contribution < -0.4 is 5.32 Å². The van der Waals surface area contributed by atoms with Crippen LogP contribution in [0.2, 0.25) is 0 Å². The molecule has 0 aromatic heterocycles. The number of nitrogens with one attached hydrogen (secondary N) is 1. The summed E-state index contributed by atoms with van der Waals surface area (Å²) >= 11 is 0. The molecule has 3 N–H and O–H groups in total. The third kappa shape index (κ3) is 4.88. The standard InChI is InChI=1S/C18H23NO2/c1-14(7-8-15-9-11-17(21)12-10-15)19-18(13-20)16-5-3-2-4-6-16/h2-6,9-12,14,18-21H,7-8,13H2,1H3/t14?,18-/m0/s1. The van der Waals surface area contributed by atoms with E-state index in [2.05, 4.69) is 12.2 Å². The van der Waals surface area contributed by atoms with E-state index in [0.717, 1.165) is 18.4 Å². The van der Waals surface area contributed by atoms with Gasteiger partial charge in [0, 0.05) is 6.04 Å². The molecule has 0 aliphatic rings. The van der Waals surface area contributed by atoms with Gasteiger partial charge in [-0.05, 0) is 43.0 Å². The van der Waals surface area contributed by atoms with Crippen molar-refractivity contribution in [1.29, 1.82) is 0 Å². The van der Waals surface area contributed by atoms with Gasteiger partial charge in [-0.2, -0.15) is 0 Å². The average Bonchev–Trinajstić information content (AvgIpc) is 2.53. The van der Waals surface area contributed by atoms with Gasteiger partial charge in [0.2, 0.25) is 0 Å². The zero-order valence-electron chi connectivity index (χ0n) is 12.4. The van der Waals surface area contributed by atoms with Gasteiger partial charge < -0.3 is 15.5 Å². The molecule has 0 heterocycles. The normalized spacial score (nSPS) is 13.8. The van der Waals surface area contributed by atoms with Crippen molar-refractivity contribution in [3.63, 3.8) is 0 Å². The molecule has 21 heavy (non-hydrogen) atoms. The summed E-state index contributed by atoms with van der Waals surface area (Å²) in [5, 5.41) is 22.3. The molecule has 2 rings (SSSR count). The second-order valence-corrected chi connectivity index (χ2v) is 5.42. The van der Waals surface area contributed by atoms with E-state index in [1.165, 1.54) is 5.56 Å². The van der Waals surface area contributed by atoms with Crippen molar-refractivity contribution in [1.82, 2.24) is 5.32 Å². The maximum absolute atomic E-state index is 9.55. The lowest BCUT2D eigenvalue weighted by Gasteiger charge is -2.22. The summed E-state index contributed by atoms with van der Waals surface area (Å²) in [5.74, 6) is 0.300. The van der Waals surface area contributed by atoms with Crippen molar-refractivity contribution in [3.05, 3.63) is 65.7 Å². The van der Waals surface area contributed by atoms with Crippen LogP contribution in [0.1, 0.15) is 30.5 Å². The van der Waals surface area contributed by atoms with Gasteiger partial charge in [0.05, 0.1) is 12.6 Å². The van der Waals surface area contributed by atoms with Crippen LogP contribution in [0.3, 0.4) is 0 Å². The quantitative estimate of drug-likeness (QED) is 0.733. The van der Waals surface area contributed by atoms with E-state index in [1.807, 2.05) is 42.5 Å². The Kier molecular flexibility index (Phi) is 5.78. The third-order valence-electron chi connectivity index (χ3n) is 3.67. The predicted octanol–water partition coefficient (Wildman–Crippen LogP) is 3.04. The monoisotopic (exact) mass is 285 g/mol. The largest absolute Gasteiger partial charge is 0.508 e. The average molecular weight is 285 g/mol. The highest BCUT2D eigenvalue weighted by Gasteiger charge is 2.13. The van der Waals surface area contributed by atoms with E-state index in [0.29, 0.717) is 11.8 Å². The van der Waals surface area contributed by atoms with Crippen LogP contribution in [-0.4, -0.2) is 22.9 Å². The van der Waals surface area contributed by atoms with Gasteiger partial charge >= 0.3 is 0 Å². The molecule has 3 nitrogen and oxygen atoms in total. The molecule has 112 valence electrons. The Morgan fingerprint density at radius 3 is 2.29 bits per heavy atom. The highest BCUT2D eigenvalue weighted by Crippen LogP contribution is 2.15.